The van der Waals surface area contributed by atoms with Gasteiger partial charge in [0.2, 0.25) is 0 Å². The number of hydrogen-bond acceptors (Lipinski definition) is 2. The summed E-state index contributed by atoms with van der Waals surface area (Å²) in [5, 5.41) is 2.53. The molecule has 0 bridgehead atoms. The Labute approximate surface area is 150 Å². The maximum atomic E-state index is 13.8. The van der Waals surface area contributed by atoms with Crippen molar-refractivity contribution in [2.24, 2.45) is 0 Å². The minimum absolute atomic E-state index is 0.0562. The summed E-state index contributed by atoms with van der Waals surface area (Å²) in [7, 11) is 0. The second kappa shape index (κ2) is 7.34. The lowest BCUT2D eigenvalue weighted by molar-refractivity contribution is -0.122. The van der Waals surface area contributed by atoms with Crippen LogP contribution in [-0.2, 0) is 10.2 Å². The Balaban J connectivity index is 2.01. The number of anilines is 1. The molecule has 0 spiro atoms. The van der Waals surface area contributed by atoms with Gasteiger partial charge in [-0.05, 0) is 48.2 Å². The van der Waals surface area contributed by atoms with E-state index in [0.29, 0.717) is 10.2 Å². The monoisotopic (exact) mass is 393 g/mol. The van der Waals surface area contributed by atoms with Crippen molar-refractivity contribution in [3.05, 3.63) is 58.3 Å². The molecule has 1 atom stereocenters. The number of hydrogen-bond donors (Lipinski definition) is 1. The molecule has 0 radical (unpaired) electrons. The van der Waals surface area contributed by atoms with E-state index in [4.69, 9.17) is 4.74 Å². The zero-order valence-corrected chi connectivity index (χ0v) is 15.8. The molecule has 0 saturated carbocycles. The van der Waals surface area contributed by atoms with Gasteiger partial charge in [0.05, 0.1) is 5.69 Å². The van der Waals surface area contributed by atoms with Gasteiger partial charge in [0.1, 0.15) is 11.6 Å². The summed E-state index contributed by atoms with van der Waals surface area (Å²) >= 11 is 3.18. The van der Waals surface area contributed by atoms with E-state index in [2.05, 4.69) is 42.0 Å². The molecule has 0 aliphatic heterocycles. The van der Waals surface area contributed by atoms with Crippen molar-refractivity contribution >= 4 is 27.5 Å². The van der Waals surface area contributed by atoms with Crippen molar-refractivity contribution in [2.45, 2.75) is 39.2 Å². The van der Waals surface area contributed by atoms with E-state index in [1.54, 1.807) is 13.0 Å². The molecule has 5 heteroatoms. The van der Waals surface area contributed by atoms with E-state index < -0.39 is 17.8 Å². The van der Waals surface area contributed by atoms with Crippen LogP contribution < -0.4 is 10.1 Å². The van der Waals surface area contributed by atoms with Gasteiger partial charge in [-0.3, -0.25) is 4.79 Å². The van der Waals surface area contributed by atoms with Gasteiger partial charge in [-0.15, -0.1) is 0 Å². The lowest BCUT2D eigenvalue weighted by atomic mass is 9.87. The Hall–Kier alpha value is -1.88. The number of benzene rings is 2. The van der Waals surface area contributed by atoms with Crippen molar-refractivity contribution in [1.82, 2.24) is 0 Å². The van der Waals surface area contributed by atoms with Crippen LogP contribution in [0.15, 0.2) is 46.9 Å². The van der Waals surface area contributed by atoms with Gasteiger partial charge < -0.3 is 10.1 Å². The minimum Gasteiger partial charge on any atom is -0.481 e. The standard InChI is InChI=1S/C19H21BrFNO2/c1-12(18(23)22-17-10-7-14(20)11-16(17)21)24-15-8-5-13(6-9-15)19(2,3)4/h5-12H,1-4H3,(H,22,23)/t12-/m0/s1. The van der Waals surface area contributed by atoms with Crippen LogP contribution in [0.1, 0.15) is 33.3 Å². The van der Waals surface area contributed by atoms with Gasteiger partial charge in [0, 0.05) is 4.47 Å². The number of amides is 1. The fourth-order valence-electron chi connectivity index (χ4n) is 2.12. The van der Waals surface area contributed by atoms with Crippen molar-refractivity contribution < 1.29 is 13.9 Å². The quantitative estimate of drug-likeness (QED) is 0.765. The Kier molecular flexibility index (Phi) is 5.65. The van der Waals surface area contributed by atoms with Crippen molar-refractivity contribution in [3.8, 4) is 5.75 Å². The molecule has 0 heterocycles. The van der Waals surface area contributed by atoms with Gasteiger partial charge in [-0.2, -0.15) is 0 Å². The summed E-state index contributed by atoms with van der Waals surface area (Å²) in [6.45, 7) is 8.02. The van der Waals surface area contributed by atoms with E-state index in [1.807, 2.05) is 24.3 Å². The zero-order chi connectivity index (χ0) is 17.9. The van der Waals surface area contributed by atoms with Crippen molar-refractivity contribution in [2.75, 3.05) is 5.32 Å². The third kappa shape index (κ3) is 4.81. The summed E-state index contributed by atoms with van der Waals surface area (Å²) in [5.74, 6) is -0.308. The predicted molar refractivity (Wildman–Crippen MR) is 98.0 cm³/mol. The Morgan fingerprint density at radius 3 is 2.33 bits per heavy atom. The van der Waals surface area contributed by atoms with E-state index in [1.165, 1.54) is 17.7 Å². The normalized spacial score (nSPS) is 12.6. The largest absolute Gasteiger partial charge is 0.481 e. The van der Waals surface area contributed by atoms with E-state index in [9.17, 15) is 9.18 Å². The molecule has 0 unspecified atom stereocenters. The molecular formula is C19H21BrFNO2. The molecule has 0 aromatic heterocycles. The van der Waals surface area contributed by atoms with Crippen LogP contribution in [-0.4, -0.2) is 12.0 Å². The topological polar surface area (TPSA) is 38.3 Å². The molecule has 2 aromatic rings. The number of ether oxygens (including phenoxy) is 1. The summed E-state index contributed by atoms with van der Waals surface area (Å²) in [6, 6.07) is 12.1. The summed E-state index contributed by atoms with van der Waals surface area (Å²) in [6.07, 6.45) is -0.742. The fraction of sp³-hybridized carbons (Fsp3) is 0.316. The summed E-state index contributed by atoms with van der Waals surface area (Å²) in [4.78, 5) is 12.2. The first-order valence-corrected chi connectivity index (χ1v) is 8.49. The van der Waals surface area contributed by atoms with Crippen LogP contribution in [0.5, 0.6) is 5.75 Å². The SMILES string of the molecule is C[C@H](Oc1ccc(C(C)(C)C)cc1)C(=O)Nc1ccc(Br)cc1F. The van der Waals surface area contributed by atoms with Gasteiger partial charge in [-0.1, -0.05) is 48.8 Å². The summed E-state index contributed by atoms with van der Waals surface area (Å²) < 4.78 is 20.0. The third-order valence-corrected chi connectivity index (χ3v) is 4.08. The molecule has 0 aliphatic rings. The highest BCUT2D eigenvalue weighted by atomic mass is 79.9. The average molecular weight is 394 g/mol. The first-order valence-electron chi connectivity index (χ1n) is 7.70. The van der Waals surface area contributed by atoms with Crippen LogP contribution in [0.4, 0.5) is 10.1 Å². The molecule has 0 aliphatic carbocycles. The van der Waals surface area contributed by atoms with E-state index >= 15 is 0 Å². The lowest BCUT2D eigenvalue weighted by Crippen LogP contribution is -2.30. The minimum atomic E-state index is -0.742. The number of carbonyl (C=O) groups is 1. The van der Waals surface area contributed by atoms with Crippen molar-refractivity contribution in [1.29, 1.82) is 0 Å². The maximum Gasteiger partial charge on any atom is 0.265 e. The van der Waals surface area contributed by atoms with E-state index in [0.717, 1.165) is 0 Å². The molecule has 1 N–H and O–H groups in total. The smallest absolute Gasteiger partial charge is 0.265 e. The predicted octanol–water partition coefficient (Wildman–Crippen LogP) is 5.29. The van der Waals surface area contributed by atoms with Crippen LogP contribution >= 0.6 is 15.9 Å². The first kappa shape index (κ1) is 18.5. The van der Waals surface area contributed by atoms with Crippen LogP contribution in [0.25, 0.3) is 0 Å². The molecule has 1 amide bonds. The maximum absolute atomic E-state index is 13.8. The molecule has 3 nitrogen and oxygen atoms in total. The second-order valence-electron chi connectivity index (χ2n) is 6.65. The average Bonchev–Trinajstić information content (AvgIpc) is 2.49. The number of nitrogens with one attached hydrogen (secondary N) is 1. The van der Waals surface area contributed by atoms with Crippen LogP contribution in [0.2, 0.25) is 0 Å². The molecule has 0 fully saturated rings. The van der Waals surface area contributed by atoms with Crippen LogP contribution in [0, 0.1) is 5.82 Å². The highest BCUT2D eigenvalue weighted by Gasteiger charge is 2.18. The Bertz CT molecular complexity index is 723. The lowest BCUT2D eigenvalue weighted by Gasteiger charge is -2.20. The fourth-order valence-corrected chi connectivity index (χ4v) is 2.45. The van der Waals surface area contributed by atoms with Gasteiger partial charge in [0.25, 0.3) is 5.91 Å². The summed E-state index contributed by atoms with van der Waals surface area (Å²) in [5.41, 5.74) is 1.37. The number of halogens is 2. The first-order chi connectivity index (χ1) is 11.2. The molecular weight excluding hydrogens is 373 g/mol. The highest BCUT2D eigenvalue weighted by molar-refractivity contribution is 9.10. The molecule has 0 saturated heterocycles. The van der Waals surface area contributed by atoms with Crippen LogP contribution in [0.3, 0.4) is 0 Å². The third-order valence-electron chi connectivity index (χ3n) is 3.59. The second-order valence-corrected chi connectivity index (χ2v) is 7.56. The molecule has 2 rings (SSSR count). The number of carbonyl (C=O) groups excluding carboxylic acids is 1. The Morgan fingerprint density at radius 1 is 1.17 bits per heavy atom. The van der Waals surface area contributed by atoms with Gasteiger partial charge in [0.15, 0.2) is 6.10 Å². The molecule has 2 aromatic carbocycles. The molecule has 24 heavy (non-hydrogen) atoms. The highest BCUT2D eigenvalue weighted by Crippen LogP contribution is 2.25. The van der Waals surface area contributed by atoms with E-state index in [-0.39, 0.29) is 11.1 Å². The molecule has 128 valence electrons. The van der Waals surface area contributed by atoms with Gasteiger partial charge >= 0.3 is 0 Å². The number of rotatable bonds is 4. The zero-order valence-electron chi connectivity index (χ0n) is 14.2. The Morgan fingerprint density at radius 2 is 1.79 bits per heavy atom. The van der Waals surface area contributed by atoms with Gasteiger partial charge in [-0.25, -0.2) is 4.39 Å². The van der Waals surface area contributed by atoms with Crippen molar-refractivity contribution in [3.63, 3.8) is 0 Å².